The van der Waals surface area contributed by atoms with E-state index in [1.165, 1.54) is 24.0 Å². The lowest BCUT2D eigenvalue weighted by atomic mass is 10.0. The Kier molecular flexibility index (Phi) is 2.21. The molecule has 0 fully saturated rings. The number of hydrogen-bond acceptors (Lipinski definition) is 4. The molecule has 0 saturated carbocycles. The second kappa shape index (κ2) is 3.73. The summed E-state index contributed by atoms with van der Waals surface area (Å²) in [5, 5.41) is 0. The SMILES string of the molecule is Nc1cc(-c2ccc3c(c2)CCC3)nc(N)n1. The monoisotopic (exact) mass is 226 g/mol. The Balaban J connectivity index is 2.09. The number of benzene rings is 1. The molecule has 0 unspecified atom stereocenters. The van der Waals surface area contributed by atoms with E-state index in [0.29, 0.717) is 5.82 Å². The zero-order chi connectivity index (χ0) is 11.8. The number of hydrogen-bond donors (Lipinski definition) is 2. The van der Waals surface area contributed by atoms with Crippen LogP contribution in [0.1, 0.15) is 17.5 Å². The van der Waals surface area contributed by atoms with E-state index in [4.69, 9.17) is 11.5 Å². The van der Waals surface area contributed by atoms with Crippen LogP contribution >= 0.6 is 0 Å². The van der Waals surface area contributed by atoms with E-state index in [-0.39, 0.29) is 5.95 Å². The van der Waals surface area contributed by atoms with Crippen molar-refractivity contribution in [2.24, 2.45) is 0 Å². The normalized spacial score (nSPS) is 13.6. The Hall–Kier alpha value is -2.10. The first-order chi connectivity index (χ1) is 8.22. The Labute approximate surface area is 99.7 Å². The fraction of sp³-hybridized carbons (Fsp3) is 0.231. The molecule has 0 amide bonds. The molecule has 2 aromatic rings. The van der Waals surface area contributed by atoms with E-state index in [2.05, 4.69) is 28.2 Å². The quantitative estimate of drug-likeness (QED) is 0.777. The van der Waals surface area contributed by atoms with Crippen LogP contribution < -0.4 is 11.5 Å². The van der Waals surface area contributed by atoms with Crippen LogP contribution in [0, 0.1) is 0 Å². The van der Waals surface area contributed by atoms with Crippen molar-refractivity contribution in [2.45, 2.75) is 19.3 Å². The van der Waals surface area contributed by atoms with Crippen LogP contribution in [0.25, 0.3) is 11.3 Å². The van der Waals surface area contributed by atoms with Gasteiger partial charge in [-0.1, -0.05) is 12.1 Å². The molecular formula is C13H14N4. The topological polar surface area (TPSA) is 77.8 Å². The van der Waals surface area contributed by atoms with Crippen LogP contribution in [-0.2, 0) is 12.8 Å². The molecule has 1 aromatic heterocycles. The van der Waals surface area contributed by atoms with Crippen molar-refractivity contribution < 1.29 is 0 Å². The van der Waals surface area contributed by atoms with E-state index in [9.17, 15) is 0 Å². The number of nitrogens with zero attached hydrogens (tertiary/aromatic N) is 2. The predicted octanol–water partition coefficient (Wildman–Crippen LogP) is 1.80. The summed E-state index contributed by atoms with van der Waals surface area (Å²) >= 11 is 0. The molecule has 1 aliphatic rings. The van der Waals surface area contributed by atoms with E-state index >= 15 is 0 Å². The minimum absolute atomic E-state index is 0.223. The number of aromatic nitrogens is 2. The molecule has 0 bridgehead atoms. The summed E-state index contributed by atoms with van der Waals surface area (Å²) < 4.78 is 0. The third-order valence-corrected chi connectivity index (χ3v) is 3.16. The number of fused-ring (bicyclic) bond motifs is 1. The summed E-state index contributed by atoms with van der Waals surface area (Å²) in [6, 6.07) is 8.19. The van der Waals surface area contributed by atoms with Crippen molar-refractivity contribution in [2.75, 3.05) is 11.5 Å². The number of rotatable bonds is 1. The van der Waals surface area contributed by atoms with Crippen LogP contribution in [-0.4, -0.2) is 9.97 Å². The molecule has 4 heteroatoms. The van der Waals surface area contributed by atoms with Crippen molar-refractivity contribution >= 4 is 11.8 Å². The van der Waals surface area contributed by atoms with Crippen LogP contribution in [0.5, 0.6) is 0 Å². The Morgan fingerprint density at radius 1 is 0.941 bits per heavy atom. The molecule has 3 rings (SSSR count). The highest BCUT2D eigenvalue weighted by atomic mass is 15.0. The molecule has 4 nitrogen and oxygen atoms in total. The number of aryl methyl sites for hydroxylation is 2. The van der Waals surface area contributed by atoms with Crippen molar-refractivity contribution in [1.82, 2.24) is 9.97 Å². The Morgan fingerprint density at radius 2 is 1.76 bits per heavy atom. The number of nitrogen functional groups attached to an aromatic ring is 2. The molecule has 86 valence electrons. The van der Waals surface area contributed by atoms with Gasteiger partial charge in [0.15, 0.2) is 0 Å². The zero-order valence-corrected chi connectivity index (χ0v) is 9.48. The van der Waals surface area contributed by atoms with Crippen LogP contribution in [0.4, 0.5) is 11.8 Å². The van der Waals surface area contributed by atoms with Gasteiger partial charge >= 0.3 is 0 Å². The summed E-state index contributed by atoms with van der Waals surface area (Å²) in [5.74, 6) is 0.633. The first-order valence-electron chi connectivity index (χ1n) is 5.74. The fourth-order valence-corrected chi connectivity index (χ4v) is 2.36. The van der Waals surface area contributed by atoms with Gasteiger partial charge in [-0.25, -0.2) is 4.98 Å². The fourth-order valence-electron chi connectivity index (χ4n) is 2.36. The average Bonchev–Trinajstić information content (AvgIpc) is 2.74. The summed E-state index contributed by atoms with van der Waals surface area (Å²) in [5.41, 5.74) is 16.0. The summed E-state index contributed by atoms with van der Waals surface area (Å²) in [6.45, 7) is 0. The van der Waals surface area contributed by atoms with Gasteiger partial charge in [0.05, 0.1) is 5.69 Å². The van der Waals surface area contributed by atoms with Gasteiger partial charge in [0, 0.05) is 11.6 Å². The molecule has 17 heavy (non-hydrogen) atoms. The third-order valence-electron chi connectivity index (χ3n) is 3.16. The maximum atomic E-state index is 5.68. The third kappa shape index (κ3) is 1.82. The first kappa shape index (κ1) is 10.1. The highest BCUT2D eigenvalue weighted by Gasteiger charge is 2.12. The van der Waals surface area contributed by atoms with Gasteiger partial charge in [0.25, 0.3) is 0 Å². The average molecular weight is 226 g/mol. The lowest BCUT2D eigenvalue weighted by molar-refractivity contribution is 0.912. The summed E-state index contributed by atoms with van der Waals surface area (Å²) in [7, 11) is 0. The van der Waals surface area contributed by atoms with Gasteiger partial charge in [0.2, 0.25) is 5.95 Å². The van der Waals surface area contributed by atoms with Gasteiger partial charge in [-0.15, -0.1) is 0 Å². The molecule has 4 N–H and O–H groups in total. The molecule has 1 heterocycles. The van der Waals surface area contributed by atoms with E-state index in [1.807, 2.05) is 0 Å². The minimum Gasteiger partial charge on any atom is -0.384 e. The van der Waals surface area contributed by atoms with Gasteiger partial charge in [0.1, 0.15) is 5.82 Å². The van der Waals surface area contributed by atoms with Crippen molar-refractivity contribution in [3.05, 3.63) is 35.4 Å². The van der Waals surface area contributed by atoms with E-state index in [1.54, 1.807) is 6.07 Å². The second-order valence-corrected chi connectivity index (χ2v) is 4.37. The second-order valence-electron chi connectivity index (χ2n) is 4.37. The molecule has 1 aliphatic carbocycles. The molecule has 0 atom stereocenters. The van der Waals surface area contributed by atoms with Gasteiger partial charge in [-0.3, -0.25) is 0 Å². The Bertz CT molecular complexity index is 557. The van der Waals surface area contributed by atoms with E-state index < -0.39 is 0 Å². The van der Waals surface area contributed by atoms with Crippen LogP contribution in [0.15, 0.2) is 24.3 Å². The standard InChI is InChI=1S/C13H14N4/c14-12-7-11(16-13(15)17-12)10-5-4-8-2-1-3-9(8)6-10/h4-7H,1-3H2,(H4,14,15,16,17). The van der Waals surface area contributed by atoms with Crippen LogP contribution in [0.3, 0.4) is 0 Å². The van der Waals surface area contributed by atoms with Crippen molar-refractivity contribution in [1.29, 1.82) is 0 Å². The molecular weight excluding hydrogens is 212 g/mol. The summed E-state index contributed by atoms with van der Waals surface area (Å²) in [4.78, 5) is 8.09. The molecule has 1 aromatic carbocycles. The minimum atomic E-state index is 0.223. The maximum absolute atomic E-state index is 5.68. The molecule has 0 aliphatic heterocycles. The highest BCUT2D eigenvalue weighted by molar-refractivity contribution is 5.65. The molecule has 0 radical (unpaired) electrons. The smallest absolute Gasteiger partial charge is 0.222 e. The first-order valence-corrected chi connectivity index (χ1v) is 5.74. The predicted molar refractivity (Wildman–Crippen MR) is 68.3 cm³/mol. The number of anilines is 2. The molecule has 0 spiro atoms. The van der Waals surface area contributed by atoms with Crippen molar-refractivity contribution in [3.8, 4) is 11.3 Å². The maximum Gasteiger partial charge on any atom is 0.222 e. The van der Waals surface area contributed by atoms with Gasteiger partial charge in [-0.05, 0) is 36.5 Å². The highest BCUT2D eigenvalue weighted by Crippen LogP contribution is 2.27. The Morgan fingerprint density at radius 3 is 2.59 bits per heavy atom. The van der Waals surface area contributed by atoms with Gasteiger partial charge < -0.3 is 11.5 Å². The lowest BCUT2D eigenvalue weighted by Crippen LogP contribution is -2.00. The van der Waals surface area contributed by atoms with Gasteiger partial charge in [-0.2, -0.15) is 4.98 Å². The zero-order valence-electron chi connectivity index (χ0n) is 9.48. The largest absolute Gasteiger partial charge is 0.384 e. The van der Waals surface area contributed by atoms with Crippen LogP contribution in [0.2, 0.25) is 0 Å². The molecule has 0 saturated heterocycles. The van der Waals surface area contributed by atoms with Crippen molar-refractivity contribution in [3.63, 3.8) is 0 Å². The number of nitrogens with two attached hydrogens (primary N) is 2. The lowest BCUT2D eigenvalue weighted by Gasteiger charge is -2.06. The van der Waals surface area contributed by atoms with E-state index in [0.717, 1.165) is 17.7 Å². The summed E-state index contributed by atoms with van der Waals surface area (Å²) in [6.07, 6.45) is 3.58.